The number of hydrogen-bond acceptors (Lipinski definition) is 6. The first-order valence-corrected chi connectivity index (χ1v) is 6.95. The number of hydrazone groups is 1. The molecule has 0 aromatic heterocycles. The molecule has 2 atom stereocenters. The third-order valence-electron chi connectivity index (χ3n) is 3.47. The number of methoxy groups -OCH3 is 1. The minimum atomic E-state index is -1.02. The normalized spacial score (nSPS) is 23.2. The van der Waals surface area contributed by atoms with Crippen LogP contribution < -0.4 is 10.3 Å². The van der Waals surface area contributed by atoms with E-state index in [2.05, 4.69) is 15.3 Å². The monoisotopic (exact) mass is 341 g/mol. The van der Waals surface area contributed by atoms with Crippen molar-refractivity contribution in [1.82, 2.24) is 5.43 Å². The number of ether oxygens (including phenoxy) is 1. The topological polar surface area (TPSA) is 88.1 Å². The van der Waals surface area contributed by atoms with Gasteiger partial charge in [0, 0.05) is 5.02 Å². The van der Waals surface area contributed by atoms with Crippen LogP contribution in [0.5, 0.6) is 0 Å². The van der Waals surface area contributed by atoms with E-state index in [4.69, 9.17) is 23.2 Å². The lowest BCUT2D eigenvalue weighted by molar-refractivity contribution is -0.133. The Morgan fingerprint density at radius 2 is 2.05 bits per heavy atom. The van der Waals surface area contributed by atoms with E-state index in [0.717, 1.165) is 4.90 Å². The molecule has 1 fully saturated rings. The summed E-state index contributed by atoms with van der Waals surface area (Å²) in [6.07, 6.45) is 0. The lowest BCUT2D eigenvalue weighted by Crippen LogP contribution is -2.36. The van der Waals surface area contributed by atoms with Gasteiger partial charge in [0.1, 0.15) is 12.0 Å². The number of imide groups is 1. The number of nitrogens with one attached hydrogen (secondary N) is 1. The quantitative estimate of drug-likeness (QED) is 0.640. The molecule has 114 valence electrons. The van der Waals surface area contributed by atoms with Crippen molar-refractivity contribution in [1.29, 1.82) is 0 Å². The predicted molar refractivity (Wildman–Crippen MR) is 78.8 cm³/mol. The van der Waals surface area contributed by atoms with Crippen molar-refractivity contribution in [3.8, 4) is 0 Å². The average molecular weight is 342 g/mol. The molecule has 9 heteroatoms. The SMILES string of the molecule is COC(=O)C1=NN[C@H]2C(=O)N(c3ccc(Cl)cc3Cl)C(=O)[C@@H]12. The van der Waals surface area contributed by atoms with Gasteiger partial charge in [-0.05, 0) is 18.2 Å². The molecule has 1 N–H and O–H groups in total. The molecule has 2 amide bonds. The van der Waals surface area contributed by atoms with Gasteiger partial charge in [-0.1, -0.05) is 23.2 Å². The third-order valence-corrected chi connectivity index (χ3v) is 4.01. The Morgan fingerprint density at radius 3 is 2.68 bits per heavy atom. The van der Waals surface area contributed by atoms with Gasteiger partial charge in [-0.2, -0.15) is 5.10 Å². The first-order valence-electron chi connectivity index (χ1n) is 6.20. The Kier molecular flexibility index (Phi) is 3.54. The number of halogens is 2. The summed E-state index contributed by atoms with van der Waals surface area (Å²) < 4.78 is 4.57. The van der Waals surface area contributed by atoms with E-state index >= 15 is 0 Å². The highest BCUT2D eigenvalue weighted by atomic mass is 35.5. The van der Waals surface area contributed by atoms with Gasteiger partial charge in [0.05, 0.1) is 17.8 Å². The molecule has 2 aliphatic heterocycles. The molecule has 0 saturated carbocycles. The molecule has 0 bridgehead atoms. The third kappa shape index (κ3) is 2.05. The Labute approximate surface area is 134 Å². The molecule has 7 nitrogen and oxygen atoms in total. The molecular weight excluding hydrogens is 333 g/mol. The summed E-state index contributed by atoms with van der Waals surface area (Å²) in [4.78, 5) is 37.5. The van der Waals surface area contributed by atoms with Gasteiger partial charge in [0.15, 0.2) is 5.71 Å². The number of carbonyl (C=O) groups is 3. The number of benzene rings is 1. The van der Waals surface area contributed by atoms with Crippen LogP contribution >= 0.6 is 23.2 Å². The number of hydrogen-bond donors (Lipinski definition) is 1. The number of amides is 2. The van der Waals surface area contributed by atoms with Gasteiger partial charge in [0.2, 0.25) is 5.91 Å². The lowest BCUT2D eigenvalue weighted by Gasteiger charge is -2.17. The van der Waals surface area contributed by atoms with Crippen molar-refractivity contribution < 1.29 is 19.1 Å². The van der Waals surface area contributed by atoms with Crippen LogP contribution in [0.1, 0.15) is 0 Å². The van der Waals surface area contributed by atoms with E-state index in [9.17, 15) is 14.4 Å². The molecule has 2 aliphatic rings. The minimum Gasteiger partial charge on any atom is -0.464 e. The Balaban J connectivity index is 2.00. The van der Waals surface area contributed by atoms with E-state index in [-0.39, 0.29) is 16.4 Å². The molecule has 1 aromatic carbocycles. The van der Waals surface area contributed by atoms with Crippen LogP contribution in [0.25, 0.3) is 0 Å². The second-order valence-corrected chi connectivity index (χ2v) is 5.52. The van der Waals surface area contributed by atoms with Crippen LogP contribution in [0, 0.1) is 5.92 Å². The van der Waals surface area contributed by atoms with Gasteiger partial charge in [-0.15, -0.1) is 0 Å². The Bertz CT molecular complexity index is 734. The average Bonchev–Trinajstić information content (AvgIpc) is 3.01. The van der Waals surface area contributed by atoms with Crippen molar-refractivity contribution in [2.45, 2.75) is 6.04 Å². The molecule has 1 saturated heterocycles. The fourth-order valence-electron chi connectivity index (χ4n) is 2.46. The second kappa shape index (κ2) is 5.26. The van der Waals surface area contributed by atoms with Crippen molar-refractivity contribution >= 4 is 52.4 Å². The van der Waals surface area contributed by atoms with Gasteiger partial charge >= 0.3 is 5.97 Å². The number of fused-ring (bicyclic) bond motifs is 1. The van der Waals surface area contributed by atoms with Gasteiger partial charge in [-0.3, -0.25) is 15.0 Å². The maximum Gasteiger partial charge on any atom is 0.355 e. The zero-order valence-corrected chi connectivity index (χ0v) is 12.7. The van der Waals surface area contributed by atoms with Crippen LogP contribution in [0.3, 0.4) is 0 Å². The highest BCUT2D eigenvalue weighted by molar-refractivity contribution is 6.47. The summed E-state index contributed by atoms with van der Waals surface area (Å²) in [7, 11) is 1.17. The van der Waals surface area contributed by atoms with E-state index in [0.29, 0.717) is 5.02 Å². The summed E-state index contributed by atoms with van der Waals surface area (Å²) in [5, 5.41) is 4.26. The lowest BCUT2D eigenvalue weighted by atomic mass is 9.99. The van der Waals surface area contributed by atoms with E-state index in [1.807, 2.05) is 0 Å². The molecular formula is C13H9Cl2N3O4. The van der Waals surface area contributed by atoms with Crippen LogP contribution in [0.15, 0.2) is 23.3 Å². The number of carbonyl (C=O) groups excluding carboxylic acids is 3. The maximum absolute atomic E-state index is 12.6. The molecule has 0 spiro atoms. The molecule has 2 heterocycles. The van der Waals surface area contributed by atoms with Gasteiger partial charge in [-0.25, -0.2) is 9.69 Å². The van der Waals surface area contributed by atoms with Crippen LogP contribution in [0.4, 0.5) is 5.69 Å². The summed E-state index contributed by atoms with van der Waals surface area (Å²) in [5.74, 6) is -2.91. The first kappa shape index (κ1) is 14.8. The highest BCUT2D eigenvalue weighted by Crippen LogP contribution is 2.35. The summed E-state index contributed by atoms with van der Waals surface area (Å²) in [6.45, 7) is 0. The summed E-state index contributed by atoms with van der Waals surface area (Å²) in [5.41, 5.74) is 2.58. The van der Waals surface area contributed by atoms with Gasteiger partial charge < -0.3 is 4.74 Å². The van der Waals surface area contributed by atoms with Crippen LogP contribution in [0.2, 0.25) is 10.0 Å². The first-order chi connectivity index (χ1) is 10.5. The fraction of sp³-hybridized carbons (Fsp3) is 0.231. The molecule has 0 aliphatic carbocycles. The largest absolute Gasteiger partial charge is 0.464 e. The van der Waals surface area contributed by atoms with Crippen molar-refractivity contribution in [2.75, 3.05) is 12.0 Å². The fourth-order valence-corrected chi connectivity index (χ4v) is 2.96. The number of nitrogens with zero attached hydrogens (tertiary/aromatic N) is 2. The predicted octanol–water partition coefficient (Wildman–Crippen LogP) is 0.984. The van der Waals surface area contributed by atoms with Gasteiger partial charge in [0.25, 0.3) is 5.91 Å². The smallest absolute Gasteiger partial charge is 0.355 e. The molecule has 1 aromatic rings. The molecule has 0 radical (unpaired) electrons. The van der Waals surface area contributed by atoms with Crippen LogP contribution in [-0.4, -0.2) is 36.6 Å². The van der Waals surface area contributed by atoms with Crippen molar-refractivity contribution in [2.24, 2.45) is 11.0 Å². The Morgan fingerprint density at radius 1 is 1.32 bits per heavy atom. The highest BCUT2D eigenvalue weighted by Gasteiger charge is 2.56. The zero-order valence-electron chi connectivity index (χ0n) is 11.2. The van der Waals surface area contributed by atoms with Crippen molar-refractivity contribution in [3.63, 3.8) is 0 Å². The van der Waals surface area contributed by atoms with Crippen LogP contribution in [-0.2, 0) is 19.1 Å². The maximum atomic E-state index is 12.6. The second-order valence-electron chi connectivity index (χ2n) is 4.68. The molecule has 22 heavy (non-hydrogen) atoms. The standard InChI is InChI=1S/C13H9Cl2N3O4/c1-22-13(21)10-8-9(16-17-10)12(20)18(11(8)19)7-3-2-5(14)4-6(7)15/h2-4,8-9,16H,1H3/t8-,9-/m1/s1. The van der Waals surface area contributed by atoms with Crippen molar-refractivity contribution in [3.05, 3.63) is 28.2 Å². The van der Waals surface area contributed by atoms with E-state index < -0.39 is 29.7 Å². The Hall–Kier alpha value is -2.12. The number of anilines is 1. The van der Waals surface area contributed by atoms with E-state index in [1.165, 1.54) is 25.3 Å². The zero-order chi connectivity index (χ0) is 16.0. The summed E-state index contributed by atoms with van der Waals surface area (Å²) >= 11 is 11.9. The molecule has 3 rings (SSSR count). The number of esters is 1. The number of rotatable bonds is 2. The minimum absolute atomic E-state index is 0.126. The van der Waals surface area contributed by atoms with E-state index in [1.54, 1.807) is 0 Å². The molecule has 0 unspecified atom stereocenters. The summed E-state index contributed by atoms with van der Waals surface area (Å²) in [6, 6.07) is 3.47.